The molecule has 4 N–H and O–H groups in total. The van der Waals surface area contributed by atoms with Crippen LogP contribution in [0.3, 0.4) is 0 Å². The summed E-state index contributed by atoms with van der Waals surface area (Å²) >= 11 is 0. The summed E-state index contributed by atoms with van der Waals surface area (Å²) in [4.78, 5) is 12.1. The molecule has 0 aliphatic heterocycles. The Morgan fingerprint density at radius 2 is 2.25 bits per heavy atom. The van der Waals surface area contributed by atoms with Crippen molar-refractivity contribution < 1.29 is 4.79 Å². The van der Waals surface area contributed by atoms with Crippen molar-refractivity contribution in [3.8, 4) is 0 Å². The van der Waals surface area contributed by atoms with Crippen molar-refractivity contribution in [1.29, 1.82) is 0 Å². The highest BCUT2D eigenvalue weighted by atomic mass is 16.1. The van der Waals surface area contributed by atoms with E-state index in [1.807, 2.05) is 27.8 Å². The summed E-state index contributed by atoms with van der Waals surface area (Å²) in [7, 11) is 1.86. The van der Waals surface area contributed by atoms with Gasteiger partial charge in [0.1, 0.15) is 0 Å². The van der Waals surface area contributed by atoms with E-state index in [4.69, 9.17) is 5.73 Å². The first kappa shape index (κ1) is 14.1. The minimum absolute atomic E-state index is 0.199. The van der Waals surface area contributed by atoms with Gasteiger partial charge in [-0.2, -0.15) is 10.2 Å². The topological polar surface area (TPSA) is 102 Å². The molecule has 0 saturated carbocycles. The van der Waals surface area contributed by atoms with Crippen LogP contribution in [0.1, 0.15) is 47.2 Å². The first-order chi connectivity index (χ1) is 9.41. The molecular formula is C13H20N6O. The molecule has 0 saturated heterocycles. The Morgan fingerprint density at radius 3 is 2.75 bits per heavy atom. The number of carbonyl (C=O) groups excluding carboxylic acids is 1. The molecular weight excluding hydrogens is 256 g/mol. The van der Waals surface area contributed by atoms with Crippen LogP contribution in [0.15, 0.2) is 6.20 Å². The van der Waals surface area contributed by atoms with Gasteiger partial charge in [-0.05, 0) is 12.8 Å². The molecule has 0 radical (unpaired) electrons. The lowest BCUT2D eigenvalue weighted by Gasteiger charge is -2.05. The quantitative estimate of drug-likeness (QED) is 0.777. The minimum atomic E-state index is -0.283. The van der Waals surface area contributed by atoms with Crippen molar-refractivity contribution in [2.24, 2.45) is 7.05 Å². The maximum atomic E-state index is 12.1. The number of aromatic amines is 1. The van der Waals surface area contributed by atoms with Crippen LogP contribution in [0.2, 0.25) is 0 Å². The van der Waals surface area contributed by atoms with Crippen molar-refractivity contribution in [2.45, 2.75) is 33.2 Å². The van der Waals surface area contributed by atoms with E-state index in [1.165, 1.54) is 0 Å². The molecule has 0 aliphatic carbocycles. The molecule has 2 heterocycles. The number of aryl methyl sites for hydroxylation is 1. The van der Waals surface area contributed by atoms with E-state index in [0.717, 1.165) is 17.0 Å². The van der Waals surface area contributed by atoms with Gasteiger partial charge in [-0.15, -0.1) is 0 Å². The van der Waals surface area contributed by atoms with Crippen molar-refractivity contribution >= 4 is 11.6 Å². The van der Waals surface area contributed by atoms with E-state index in [-0.39, 0.29) is 17.5 Å². The highest BCUT2D eigenvalue weighted by molar-refractivity contribution is 5.97. The van der Waals surface area contributed by atoms with Crippen LogP contribution >= 0.6 is 0 Å². The summed E-state index contributed by atoms with van der Waals surface area (Å²) in [5.41, 5.74) is 9.37. The van der Waals surface area contributed by atoms with E-state index < -0.39 is 0 Å². The van der Waals surface area contributed by atoms with E-state index in [9.17, 15) is 4.79 Å². The van der Waals surface area contributed by atoms with E-state index in [2.05, 4.69) is 20.6 Å². The van der Waals surface area contributed by atoms with Gasteiger partial charge < -0.3 is 11.1 Å². The molecule has 7 nitrogen and oxygen atoms in total. The summed E-state index contributed by atoms with van der Waals surface area (Å²) in [5.74, 6) is -0.0847. The second-order valence-corrected chi connectivity index (χ2v) is 5.12. The molecule has 2 rings (SSSR count). The van der Waals surface area contributed by atoms with Crippen LogP contribution < -0.4 is 11.1 Å². The van der Waals surface area contributed by atoms with Gasteiger partial charge in [0.05, 0.1) is 17.6 Å². The number of nitrogens with one attached hydrogen (secondary N) is 2. The zero-order valence-corrected chi connectivity index (χ0v) is 12.2. The molecule has 0 aromatic carbocycles. The molecule has 0 fully saturated rings. The lowest BCUT2D eigenvalue weighted by Crippen LogP contribution is -2.24. The maximum absolute atomic E-state index is 12.1. The van der Waals surface area contributed by atoms with Crippen LogP contribution in [-0.4, -0.2) is 25.9 Å². The third kappa shape index (κ3) is 2.52. The normalized spacial score (nSPS) is 11.1. The Kier molecular flexibility index (Phi) is 3.78. The first-order valence-electron chi connectivity index (χ1n) is 6.51. The molecule has 1 amide bonds. The molecule has 2 aromatic heterocycles. The number of hydrogen-bond donors (Lipinski definition) is 3. The van der Waals surface area contributed by atoms with Crippen LogP contribution in [0.25, 0.3) is 0 Å². The summed E-state index contributed by atoms with van der Waals surface area (Å²) in [6.07, 6.45) is 1.74. The Bertz CT molecular complexity index is 625. The number of hydrogen-bond acceptors (Lipinski definition) is 4. The van der Waals surface area contributed by atoms with Crippen LogP contribution in [0.4, 0.5) is 5.69 Å². The number of nitrogens with zero attached hydrogens (tertiary/aromatic N) is 3. The van der Waals surface area contributed by atoms with Gasteiger partial charge in [0.15, 0.2) is 5.69 Å². The number of nitrogen functional groups attached to an aromatic ring is 1. The van der Waals surface area contributed by atoms with Gasteiger partial charge in [-0.3, -0.25) is 14.6 Å². The van der Waals surface area contributed by atoms with Crippen molar-refractivity contribution in [2.75, 3.05) is 5.73 Å². The monoisotopic (exact) mass is 276 g/mol. The average molecular weight is 276 g/mol. The molecule has 0 aliphatic rings. The van der Waals surface area contributed by atoms with Gasteiger partial charge in [0, 0.05) is 24.8 Å². The van der Waals surface area contributed by atoms with Crippen LogP contribution in [0.5, 0.6) is 0 Å². The number of aromatic nitrogens is 4. The van der Waals surface area contributed by atoms with Gasteiger partial charge in [-0.25, -0.2) is 0 Å². The molecule has 0 spiro atoms. The third-order valence-corrected chi connectivity index (χ3v) is 3.40. The number of nitrogens with two attached hydrogens (primary N) is 1. The number of H-pyrrole nitrogens is 1. The smallest absolute Gasteiger partial charge is 0.274 e. The van der Waals surface area contributed by atoms with Gasteiger partial charge in [0.25, 0.3) is 5.91 Å². The van der Waals surface area contributed by atoms with Gasteiger partial charge in [0.2, 0.25) is 0 Å². The molecule has 0 bridgehead atoms. The molecule has 0 unspecified atom stereocenters. The second kappa shape index (κ2) is 5.36. The highest BCUT2D eigenvalue weighted by Crippen LogP contribution is 2.21. The largest absolute Gasteiger partial charge is 0.395 e. The summed E-state index contributed by atoms with van der Waals surface area (Å²) in [6.45, 7) is 6.34. The molecule has 20 heavy (non-hydrogen) atoms. The zero-order valence-electron chi connectivity index (χ0n) is 12.2. The van der Waals surface area contributed by atoms with Crippen LogP contribution in [0, 0.1) is 6.92 Å². The Hall–Kier alpha value is -2.31. The summed E-state index contributed by atoms with van der Waals surface area (Å²) in [6, 6.07) is 0. The second-order valence-electron chi connectivity index (χ2n) is 5.12. The number of rotatable bonds is 4. The molecule has 0 atom stereocenters. The Labute approximate surface area is 117 Å². The minimum Gasteiger partial charge on any atom is -0.395 e. The fourth-order valence-corrected chi connectivity index (χ4v) is 1.95. The fraction of sp³-hybridized carbons (Fsp3) is 0.462. The summed E-state index contributed by atoms with van der Waals surface area (Å²) < 4.78 is 1.77. The first-order valence-corrected chi connectivity index (χ1v) is 6.51. The average Bonchev–Trinajstić information content (AvgIpc) is 2.92. The lowest BCUT2D eigenvalue weighted by molar-refractivity contribution is 0.0946. The number of anilines is 1. The SMILES string of the molecule is Cc1c(CNC(=O)c2n[nH]c(C(C)C)c2N)cnn1C. The van der Waals surface area contributed by atoms with Crippen molar-refractivity contribution in [1.82, 2.24) is 25.3 Å². The fourth-order valence-electron chi connectivity index (χ4n) is 1.95. The Balaban J connectivity index is 2.07. The van der Waals surface area contributed by atoms with E-state index in [0.29, 0.717) is 12.2 Å². The Morgan fingerprint density at radius 1 is 1.55 bits per heavy atom. The van der Waals surface area contributed by atoms with Crippen LogP contribution in [-0.2, 0) is 13.6 Å². The lowest BCUT2D eigenvalue weighted by atomic mass is 10.1. The highest BCUT2D eigenvalue weighted by Gasteiger charge is 2.18. The maximum Gasteiger partial charge on any atom is 0.274 e. The van der Waals surface area contributed by atoms with Crippen molar-refractivity contribution in [3.05, 3.63) is 28.8 Å². The van der Waals surface area contributed by atoms with Gasteiger partial charge in [-0.1, -0.05) is 13.8 Å². The number of amides is 1. The predicted molar refractivity (Wildman–Crippen MR) is 76.2 cm³/mol. The van der Waals surface area contributed by atoms with Crippen molar-refractivity contribution in [3.63, 3.8) is 0 Å². The molecule has 7 heteroatoms. The van der Waals surface area contributed by atoms with E-state index in [1.54, 1.807) is 10.9 Å². The zero-order chi connectivity index (χ0) is 14.9. The number of carbonyl (C=O) groups is 1. The van der Waals surface area contributed by atoms with Gasteiger partial charge >= 0.3 is 0 Å². The predicted octanol–water partition coefficient (Wildman–Crippen LogP) is 1.09. The standard InChI is InChI=1S/C13H20N6O/c1-7(2)11-10(14)12(18-17-11)13(20)15-5-9-6-16-19(4)8(9)3/h6-7H,5,14H2,1-4H3,(H,15,20)(H,17,18). The van der Waals surface area contributed by atoms with E-state index >= 15 is 0 Å². The molecule has 108 valence electrons. The molecule has 2 aromatic rings. The summed E-state index contributed by atoms with van der Waals surface area (Å²) in [5, 5.41) is 13.7. The third-order valence-electron chi connectivity index (χ3n) is 3.40.